The van der Waals surface area contributed by atoms with E-state index >= 15 is 0 Å². The monoisotopic (exact) mass is 439 g/mol. The Balaban J connectivity index is 0.00000101. The topological polar surface area (TPSA) is 120 Å². The summed E-state index contributed by atoms with van der Waals surface area (Å²) in [6.07, 6.45) is 2.62. The zero-order chi connectivity index (χ0) is 22.3. The molecule has 0 amide bonds. The van der Waals surface area contributed by atoms with Crippen LogP contribution in [0.4, 0.5) is 0 Å². The molecule has 0 fully saturated rings. The molecule has 0 bridgehead atoms. The van der Waals surface area contributed by atoms with E-state index in [-0.39, 0.29) is 6.61 Å². The summed E-state index contributed by atoms with van der Waals surface area (Å²) in [5.41, 5.74) is 9.72. The number of fused-ring (bicyclic) bond motifs is 3. The summed E-state index contributed by atoms with van der Waals surface area (Å²) in [4.78, 5) is 17.8. The maximum Gasteiger partial charge on any atom is 0.469 e. The molecular formula is C21H30NO7P. The number of methoxy groups -OCH3 is 3. The summed E-state index contributed by atoms with van der Waals surface area (Å²) in [6, 6.07) is 7.65. The van der Waals surface area contributed by atoms with Gasteiger partial charge in [-0.3, -0.25) is 4.52 Å². The van der Waals surface area contributed by atoms with Crippen LogP contribution in [0.25, 0.3) is 11.1 Å². The van der Waals surface area contributed by atoms with Gasteiger partial charge in [0.2, 0.25) is 5.75 Å². The molecule has 9 heteroatoms. The number of benzene rings is 2. The highest BCUT2D eigenvalue weighted by Crippen LogP contribution is 2.49. The zero-order valence-corrected chi connectivity index (χ0v) is 18.7. The Morgan fingerprint density at radius 3 is 2.20 bits per heavy atom. The van der Waals surface area contributed by atoms with Crippen LogP contribution in [0, 0.1) is 0 Å². The Morgan fingerprint density at radius 2 is 1.63 bits per heavy atom. The van der Waals surface area contributed by atoms with Gasteiger partial charge in [-0.2, -0.15) is 0 Å². The van der Waals surface area contributed by atoms with Crippen LogP contribution >= 0.6 is 7.82 Å². The van der Waals surface area contributed by atoms with Crippen LogP contribution in [-0.2, 0) is 28.5 Å². The number of rotatable bonds is 6. The normalized spacial score (nSPS) is 12.6. The van der Waals surface area contributed by atoms with Crippen LogP contribution in [0.1, 0.15) is 30.0 Å². The van der Waals surface area contributed by atoms with Gasteiger partial charge in [0.15, 0.2) is 11.5 Å². The van der Waals surface area contributed by atoms with Crippen LogP contribution < -0.4 is 19.9 Å². The number of ether oxygens (including phenoxy) is 3. The third-order valence-corrected chi connectivity index (χ3v) is 5.11. The van der Waals surface area contributed by atoms with Crippen molar-refractivity contribution < 1.29 is 33.1 Å². The van der Waals surface area contributed by atoms with E-state index in [0.29, 0.717) is 22.8 Å². The van der Waals surface area contributed by atoms with E-state index in [0.717, 1.165) is 48.1 Å². The Hall–Kier alpha value is -2.09. The van der Waals surface area contributed by atoms with Gasteiger partial charge in [0.1, 0.15) is 0 Å². The smallest absolute Gasteiger partial charge is 0.469 e. The molecule has 4 N–H and O–H groups in total. The molecule has 0 saturated carbocycles. The maximum atomic E-state index is 11.0. The van der Waals surface area contributed by atoms with Gasteiger partial charge in [0.05, 0.1) is 27.9 Å². The molecule has 8 nitrogen and oxygen atoms in total. The van der Waals surface area contributed by atoms with Crippen molar-refractivity contribution in [3.8, 4) is 28.4 Å². The first kappa shape index (κ1) is 24.2. The van der Waals surface area contributed by atoms with Gasteiger partial charge in [-0.1, -0.05) is 25.1 Å². The lowest BCUT2D eigenvalue weighted by Gasteiger charge is -2.20. The van der Waals surface area contributed by atoms with Crippen LogP contribution in [0.5, 0.6) is 17.2 Å². The van der Waals surface area contributed by atoms with Crippen LogP contribution in [0.15, 0.2) is 24.3 Å². The van der Waals surface area contributed by atoms with Crippen LogP contribution in [0.3, 0.4) is 0 Å². The van der Waals surface area contributed by atoms with Gasteiger partial charge in [0, 0.05) is 5.56 Å². The molecule has 0 saturated heterocycles. The third-order valence-electron chi connectivity index (χ3n) is 4.64. The molecule has 0 spiro atoms. The van der Waals surface area contributed by atoms with Gasteiger partial charge in [-0.25, -0.2) is 4.57 Å². The number of hydrogen-bond acceptors (Lipinski definition) is 6. The van der Waals surface area contributed by atoms with E-state index in [1.165, 1.54) is 0 Å². The molecule has 0 radical (unpaired) electrons. The second-order valence-corrected chi connectivity index (χ2v) is 7.94. The largest absolute Gasteiger partial charge is 0.493 e. The lowest BCUT2D eigenvalue weighted by Crippen LogP contribution is -2.01. The lowest BCUT2D eigenvalue weighted by atomic mass is 9.93. The van der Waals surface area contributed by atoms with Crippen LogP contribution in [-0.4, -0.2) is 37.7 Å². The summed E-state index contributed by atoms with van der Waals surface area (Å²) in [5, 5.41) is 0. The van der Waals surface area contributed by atoms with Crippen LogP contribution in [0.2, 0.25) is 0 Å². The third kappa shape index (κ3) is 5.74. The minimum atomic E-state index is -4.50. The second-order valence-electron chi connectivity index (χ2n) is 6.70. The number of aryl methyl sites for hydroxylation is 2. The van der Waals surface area contributed by atoms with Crippen molar-refractivity contribution in [2.24, 2.45) is 5.73 Å². The zero-order valence-electron chi connectivity index (χ0n) is 17.8. The van der Waals surface area contributed by atoms with E-state index in [1.807, 2.05) is 25.1 Å². The average Bonchev–Trinajstić information content (AvgIpc) is 2.89. The standard InChI is InChI=1S/C19H23O7P.C2H7N/c1-23-16-10-14-6-4-5-13-9-12(11-26-27(20,21)22)7-8-15(13)17(14)19(25-3)18(16)24-2;1-2-3/h7-10H,4-6,11H2,1-3H3,(H2,20,21,22);2-3H2,1H3. The fourth-order valence-electron chi connectivity index (χ4n) is 3.51. The molecule has 0 aliphatic heterocycles. The molecule has 0 atom stereocenters. The lowest BCUT2D eigenvalue weighted by molar-refractivity contribution is 0.189. The molecule has 1 aliphatic carbocycles. The highest BCUT2D eigenvalue weighted by atomic mass is 31.2. The maximum absolute atomic E-state index is 11.0. The predicted octanol–water partition coefficient (Wildman–Crippen LogP) is 3.44. The summed E-state index contributed by atoms with van der Waals surface area (Å²) in [5.74, 6) is 1.79. The SMILES string of the molecule is CCN.COc1cc2c(c(OC)c1OC)-c1ccc(COP(=O)(O)O)cc1CCC2. The Kier molecular flexibility index (Phi) is 8.70. The molecule has 0 heterocycles. The molecule has 1 aliphatic rings. The minimum absolute atomic E-state index is 0.145. The van der Waals surface area contributed by atoms with E-state index in [9.17, 15) is 4.57 Å². The molecular weight excluding hydrogens is 409 g/mol. The fourth-order valence-corrected chi connectivity index (χ4v) is 3.83. The Labute approximate surface area is 177 Å². The van der Waals surface area contributed by atoms with Gasteiger partial charge < -0.3 is 29.7 Å². The van der Waals surface area contributed by atoms with Crippen molar-refractivity contribution in [2.75, 3.05) is 27.9 Å². The van der Waals surface area contributed by atoms with Crippen molar-refractivity contribution in [3.05, 3.63) is 41.0 Å². The molecule has 0 aromatic heterocycles. The van der Waals surface area contributed by atoms with Crippen molar-refractivity contribution >= 4 is 7.82 Å². The van der Waals surface area contributed by atoms with E-state index in [1.54, 1.807) is 27.4 Å². The average molecular weight is 439 g/mol. The van der Waals surface area contributed by atoms with Crippen molar-refractivity contribution in [3.63, 3.8) is 0 Å². The quantitative estimate of drug-likeness (QED) is 0.586. The van der Waals surface area contributed by atoms with E-state index in [2.05, 4.69) is 4.52 Å². The van der Waals surface area contributed by atoms with Gasteiger partial charge >= 0.3 is 7.82 Å². The molecule has 30 heavy (non-hydrogen) atoms. The Bertz CT molecular complexity index is 911. The summed E-state index contributed by atoms with van der Waals surface area (Å²) < 4.78 is 32.2. The van der Waals surface area contributed by atoms with Crippen molar-refractivity contribution in [2.45, 2.75) is 32.8 Å². The Morgan fingerprint density at radius 1 is 1.00 bits per heavy atom. The highest BCUT2D eigenvalue weighted by Gasteiger charge is 2.25. The number of hydrogen-bond donors (Lipinski definition) is 3. The van der Waals surface area contributed by atoms with E-state index in [4.69, 9.17) is 29.7 Å². The number of phosphoric ester groups is 1. The molecule has 2 aromatic carbocycles. The molecule has 0 unspecified atom stereocenters. The van der Waals surface area contributed by atoms with Crippen molar-refractivity contribution in [1.82, 2.24) is 0 Å². The summed E-state index contributed by atoms with van der Waals surface area (Å²) in [6.45, 7) is 2.51. The van der Waals surface area contributed by atoms with Gasteiger partial charge in [-0.05, 0) is 54.1 Å². The summed E-state index contributed by atoms with van der Waals surface area (Å²) >= 11 is 0. The van der Waals surface area contributed by atoms with Crippen molar-refractivity contribution in [1.29, 1.82) is 0 Å². The minimum Gasteiger partial charge on any atom is -0.493 e. The first-order chi connectivity index (χ1) is 14.3. The van der Waals surface area contributed by atoms with Gasteiger partial charge in [0.25, 0.3) is 0 Å². The number of phosphoric acid groups is 1. The molecule has 166 valence electrons. The van der Waals surface area contributed by atoms with Gasteiger partial charge in [-0.15, -0.1) is 0 Å². The first-order valence-electron chi connectivity index (χ1n) is 9.63. The predicted molar refractivity (Wildman–Crippen MR) is 115 cm³/mol. The second kappa shape index (κ2) is 10.8. The molecule has 3 rings (SSSR count). The van der Waals surface area contributed by atoms with E-state index < -0.39 is 7.82 Å². The highest BCUT2D eigenvalue weighted by molar-refractivity contribution is 7.46. The summed E-state index contributed by atoms with van der Waals surface area (Å²) in [7, 11) is 0.272. The molecule has 2 aromatic rings. The first-order valence-corrected chi connectivity index (χ1v) is 11.2. The fraction of sp³-hybridized carbons (Fsp3) is 0.429. The number of nitrogens with two attached hydrogens (primary N) is 1.